The minimum absolute atomic E-state index is 0.158. The Bertz CT molecular complexity index is 113. The molecule has 0 aromatic heterocycles. The summed E-state index contributed by atoms with van der Waals surface area (Å²) in [6.45, 7) is 1.44. The van der Waals surface area contributed by atoms with Crippen molar-refractivity contribution in [3.8, 4) is 0 Å². The van der Waals surface area contributed by atoms with E-state index in [2.05, 4.69) is 4.99 Å². The number of hydrogen-bond acceptors (Lipinski definition) is 2. The van der Waals surface area contributed by atoms with Crippen LogP contribution < -0.4 is 11.5 Å². The van der Waals surface area contributed by atoms with Crippen molar-refractivity contribution in [1.82, 2.24) is 0 Å². The van der Waals surface area contributed by atoms with Gasteiger partial charge in [0.2, 0.25) is 0 Å². The van der Waals surface area contributed by atoms with Crippen LogP contribution in [-0.2, 0) is 4.74 Å². The summed E-state index contributed by atoms with van der Waals surface area (Å²) < 4.78 is 5.04. The van der Waals surface area contributed by atoms with Gasteiger partial charge in [-0.3, -0.25) is 0 Å². The zero-order chi connectivity index (χ0) is 6.69. The van der Waals surface area contributed by atoms with Crippen LogP contribution in [0.4, 0.5) is 0 Å². The summed E-state index contributed by atoms with van der Waals surface area (Å²) in [5, 5.41) is 0. The van der Waals surface area contributed by atoms with Gasteiger partial charge >= 0.3 is 0 Å². The molecule has 4 N–H and O–H groups in total. The quantitative estimate of drug-likeness (QED) is 0.354. The van der Waals surface area contributed by atoms with Crippen molar-refractivity contribution in [2.45, 2.75) is 12.5 Å². The molecule has 1 fully saturated rings. The highest BCUT2D eigenvalue weighted by Gasteiger charge is 2.13. The molecule has 0 radical (unpaired) electrons. The first-order valence-electron chi connectivity index (χ1n) is 2.95. The molecule has 0 amide bonds. The monoisotopic (exact) mass is 129 g/mol. The van der Waals surface area contributed by atoms with E-state index in [9.17, 15) is 0 Å². The van der Waals surface area contributed by atoms with Gasteiger partial charge in [0.25, 0.3) is 0 Å². The lowest BCUT2D eigenvalue weighted by Crippen LogP contribution is -2.25. The van der Waals surface area contributed by atoms with Crippen LogP contribution in [0.25, 0.3) is 0 Å². The molecule has 1 atom stereocenters. The van der Waals surface area contributed by atoms with Gasteiger partial charge in [-0.2, -0.15) is 0 Å². The molecule has 1 heterocycles. The lowest BCUT2D eigenvalue weighted by atomic mass is 10.3. The summed E-state index contributed by atoms with van der Waals surface area (Å²) in [5.74, 6) is 0.158. The van der Waals surface area contributed by atoms with Crippen LogP contribution in [0.3, 0.4) is 0 Å². The summed E-state index contributed by atoms with van der Waals surface area (Å²) >= 11 is 0. The van der Waals surface area contributed by atoms with Crippen molar-refractivity contribution in [3.63, 3.8) is 0 Å². The highest BCUT2D eigenvalue weighted by molar-refractivity contribution is 5.75. The predicted molar refractivity (Wildman–Crippen MR) is 35.0 cm³/mol. The minimum Gasteiger partial charge on any atom is -0.379 e. The number of nitrogens with two attached hydrogens (primary N) is 2. The smallest absolute Gasteiger partial charge is 0.186 e. The first-order chi connectivity index (χ1) is 4.29. The molecule has 0 spiro atoms. The molecule has 0 aliphatic carbocycles. The Balaban J connectivity index is 2.35. The largest absolute Gasteiger partial charge is 0.379 e. The summed E-state index contributed by atoms with van der Waals surface area (Å²) in [6.07, 6.45) is 0.942. The van der Waals surface area contributed by atoms with Gasteiger partial charge in [-0.15, -0.1) is 0 Å². The van der Waals surface area contributed by atoms with E-state index in [0.29, 0.717) is 6.61 Å². The third-order valence-electron chi connectivity index (χ3n) is 1.24. The topological polar surface area (TPSA) is 73.6 Å². The van der Waals surface area contributed by atoms with Crippen LogP contribution in [0.15, 0.2) is 4.99 Å². The van der Waals surface area contributed by atoms with E-state index in [-0.39, 0.29) is 12.0 Å². The Morgan fingerprint density at radius 2 is 2.33 bits per heavy atom. The molecule has 0 aromatic carbocycles. The first-order valence-corrected chi connectivity index (χ1v) is 2.95. The number of guanidine groups is 1. The maximum atomic E-state index is 5.14. The molecule has 0 aromatic rings. The summed E-state index contributed by atoms with van der Waals surface area (Å²) in [6, 6.07) is 0.204. The third kappa shape index (κ3) is 1.89. The van der Waals surface area contributed by atoms with Crippen LogP contribution in [0.1, 0.15) is 6.42 Å². The van der Waals surface area contributed by atoms with Crippen molar-refractivity contribution in [3.05, 3.63) is 0 Å². The van der Waals surface area contributed by atoms with Crippen LogP contribution in [0.5, 0.6) is 0 Å². The Hall–Kier alpha value is -0.770. The van der Waals surface area contributed by atoms with Gasteiger partial charge in [0, 0.05) is 6.61 Å². The molecule has 1 aliphatic heterocycles. The fraction of sp³-hybridized carbons (Fsp3) is 0.800. The van der Waals surface area contributed by atoms with Gasteiger partial charge in [-0.1, -0.05) is 0 Å². The van der Waals surface area contributed by atoms with Gasteiger partial charge in [0.1, 0.15) is 0 Å². The Morgan fingerprint density at radius 1 is 1.56 bits per heavy atom. The number of nitrogens with zero attached hydrogens (tertiary/aromatic N) is 1. The Labute approximate surface area is 53.9 Å². The second kappa shape index (κ2) is 2.68. The number of ether oxygens (including phenoxy) is 1. The van der Waals surface area contributed by atoms with E-state index in [1.54, 1.807) is 0 Å². The van der Waals surface area contributed by atoms with Gasteiger partial charge in [-0.25, -0.2) is 4.99 Å². The fourth-order valence-corrected chi connectivity index (χ4v) is 0.835. The molecule has 1 aliphatic rings. The molecule has 0 saturated carbocycles. The van der Waals surface area contributed by atoms with E-state index in [4.69, 9.17) is 16.2 Å². The molecule has 4 heteroatoms. The molecule has 9 heavy (non-hydrogen) atoms. The van der Waals surface area contributed by atoms with Crippen molar-refractivity contribution in [2.75, 3.05) is 13.2 Å². The van der Waals surface area contributed by atoms with E-state index in [0.717, 1.165) is 13.0 Å². The molecule has 1 saturated heterocycles. The average Bonchev–Trinajstić information content (AvgIpc) is 2.15. The van der Waals surface area contributed by atoms with Gasteiger partial charge in [-0.05, 0) is 6.42 Å². The number of rotatable bonds is 1. The predicted octanol–water partition coefficient (Wildman–Crippen LogP) is -0.951. The highest BCUT2D eigenvalue weighted by Crippen LogP contribution is 2.06. The van der Waals surface area contributed by atoms with Crippen molar-refractivity contribution in [2.24, 2.45) is 16.5 Å². The normalized spacial score (nSPS) is 26.0. The first kappa shape index (κ1) is 6.35. The van der Waals surface area contributed by atoms with E-state index < -0.39 is 0 Å². The molecule has 0 bridgehead atoms. The highest BCUT2D eigenvalue weighted by atomic mass is 16.5. The summed E-state index contributed by atoms with van der Waals surface area (Å²) in [7, 11) is 0. The zero-order valence-corrected chi connectivity index (χ0v) is 5.21. The number of aliphatic imine (C=N–C) groups is 1. The molecule has 4 nitrogen and oxygen atoms in total. The maximum Gasteiger partial charge on any atom is 0.186 e. The maximum absolute atomic E-state index is 5.14. The van der Waals surface area contributed by atoms with Crippen LogP contribution in [-0.4, -0.2) is 25.2 Å². The number of hydrogen-bond donors (Lipinski definition) is 2. The van der Waals surface area contributed by atoms with Crippen molar-refractivity contribution < 1.29 is 4.74 Å². The van der Waals surface area contributed by atoms with Crippen molar-refractivity contribution in [1.29, 1.82) is 0 Å². The van der Waals surface area contributed by atoms with Crippen LogP contribution in [0.2, 0.25) is 0 Å². The molecular formula is C5H11N3O. The summed E-state index contributed by atoms with van der Waals surface area (Å²) in [5.41, 5.74) is 10.3. The lowest BCUT2D eigenvalue weighted by Gasteiger charge is -1.98. The molecule has 52 valence electrons. The molecular weight excluding hydrogens is 118 g/mol. The summed E-state index contributed by atoms with van der Waals surface area (Å²) in [4.78, 5) is 3.92. The van der Waals surface area contributed by atoms with Gasteiger partial charge in [0.05, 0.1) is 12.6 Å². The lowest BCUT2D eigenvalue weighted by molar-refractivity contribution is 0.194. The zero-order valence-electron chi connectivity index (χ0n) is 5.21. The van der Waals surface area contributed by atoms with Gasteiger partial charge in [0.15, 0.2) is 5.96 Å². The van der Waals surface area contributed by atoms with E-state index in [1.807, 2.05) is 0 Å². The average molecular weight is 129 g/mol. The second-order valence-corrected chi connectivity index (χ2v) is 2.07. The standard InChI is InChI=1S/C5H11N3O/c6-5(7)8-4-1-2-9-3-4/h4H,1-3H2,(H4,6,7,8). The van der Waals surface area contributed by atoms with E-state index >= 15 is 0 Å². The van der Waals surface area contributed by atoms with E-state index in [1.165, 1.54) is 0 Å². The molecule has 1 unspecified atom stereocenters. The van der Waals surface area contributed by atoms with Crippen LogP contribution in [0, 0.1) is 0 Å². The minimum atomic E-state index is 0.158. The van der Waals surface area contributed by atoms with Gasteiger partial charge < -0.3 is 16.2 Å². The van der Waals surface area contributed by atoms with Crippen molar-refractivity contribution >= 4 is 5.96 Å². The fourth-order valence-electron chi connectivity index (χ4n) is 0.835. The Morgan fingerprint density at radius 3 is 2.78 bits per heavy atom. The van der Waals surface area contributed by atoms with Crippen LogP contribution >= 0.6 is 0 Å². The Kier molecular flexibility index (Phi) is 1.89. The molecule has 1 rings (SSSR count). The second-order valence-electron chi connectivity index (χ2n) is 2.07. The SMILES string of the molecule is NC(N)=NC1CCOC1. The third-order valence-corrected chi connectivity index (χ3v) is 1.24.